The maximum atomic E-state index is 12.9. The predicted octanol–water partition coefficient (Wildman–Crippen LogP) is 0.671. The highest BCUT2D eigenvalue weighted by Gasteiger charge is 2.49. The van der Waals surface area contributed by atoms with Gasteiger partial charge >= 0.3 is 22.5 Å². The summed E-state index contributed by atoms with van der Waals surface area (Å²) in [6, 6.07) is -2.65. The molecule has 174 valence electrons. The first-order chi connectivity index (χ1) is 14.2. The molecule has 3 aliphatic rings. The molecule has 2 saturated heterocycles. The summed E-state index contributed by atoms with van der Waals surface area (Å²) in [5, 5.41) is 3.46. The van der Waals surface area contributed by atoms with E-state index in [4.69, 9.17) is 9.29 Å². The Labute approximate surface area is 181 Å². The van der Waals surface area contributed by atoms with Crippen LogP contribution in [0.2, 0.25) is 0 Å². The number of amides is 4. The van der Waals surface area contributed by atoms with Gasteiger partial charge in [-0.15, -0.1) is 4.28 Å². The summed E-state index contributed by atoms with van der Waals surface area (Å²) in [6.45, 7) is 7.97. The van der Waals surface area contributed by atoms with Crippen LogP contribution in [0.4, 0.5) is 9.59 Å². The lowest BCUT2D eigenvalue weighted by Crippen LogP contribution is -2.54. The molecule has 3 heterocycles. The van der Waals surface area contributed by atoms with E-state index in [1.807, 2.05) is 0 Å². The SMILES string of the molecule is CC1=CC2CN(C(=O)N2OS(=O)(=O)O)C1C(=O)NC1CCN(C(=O)OC(C)(C)C)CC1. The third-order valence-corrected chi connectivity index (χ3v) is 5.58. The van der Waals surface area contributed by atoms with Crippen molar-refractivity contribution in [2.75, 3.05) is 19.6 Å². The summed E-state index contributed by atoms with van der Waals surface area (Å²) >= 11 is 0. The maximum absolute atomic E-state index is 12.9. The van der Waals surface area contributed by atoms with E-state index < -0.39 is 46.1 Å². The highest BCUT2D eigenvalue weighted by molar-refractivity contribution is 7.80. The van der Waals surface area contributed by atoms with Crippen molar-refractivity contribution >= 4 is 28.4 Å². The van der Waals surface area contributed by atoms with Crippen molar-refractivity contribution in [3.05, 3.63) is 11.6 Å². The van der Waals surface area contributed by atoms with E-state index in [1.54, 1.807) is 38.7 Å². The molecule has 4 amide bonds. The van der Waals surface area contributed by atoms with Crippen LogP contribution in [-0.4, -0.2) is 89.2 Å². The van der Waals surface area contributed by atoms with Gasteiger partial charge in [0.25, 0.3) is 0 Å². The summed E-state index contributed by atoms with van der Waals surface area (Å²) < 4.78 is 40.7. The lowest BCUT2D eigenvalue weighted by atomic mass is 9.98. The van der Waals surface area contributed by atoms with Gasteiger partial charge in [0.2, 0.25) is 5.91 Å². The number of piperidine rings is 1. The third kappa shape index (κ3) is 5.46. The van der Waals surface area contributed by atoms with Crippen LogP contribution in [0.5, 0.6) is 0 Å². The van der Waals surface area contributed by atoms with Gasteiger partial charge in [-0.3, -0.25) is 9.35 Å². The van der Waals surface area contributed by atoms with Crippen molar-refractivity contribution in [1.29, 1.82) is 0 Å². The van der Waals surface area contributed by atoms with Crippen LogP contribution >= 0.6 is 0 Å². The number of urea groups is 1. The predicted molar refractivity (Wildman–Crippen MR) is 107 cm³/mol. The van der Waals surface area contributed by atoms with Crippen molar-refractivity contribution in [2.24, 2.45) is 0 Å². The molecule has 2 atom stereocenters. The minimum absolute atomic E-state index is 0.0564. The molecule has 12 nitrogen and oxygen atoms in total. The monoisotopic (exact) mass is 460 g/mol. The number of likely N-dealkylation sites (tertiary alicyclic amines) is 1. The number of nitrogens with zero attached hydrogens (tertiary/aromatic N) is 3. The summed E-state index contributed by atoms with van der Waals surface area (Å²) in [7, 11) is -4.87. The molecule has 3 aliphatic heterocycles. The topological polar surface area (TPSA) is 146 Å². The molecule has 0 saturated carbocycles. The molecule has 0 aromatic heterocycles. The van der Waals surface area contributed by atoms with Gasteiger partial charge < -0.3 is 19.9 Å². The molecule has 3 rings (SSSR count). The van der Waals surface area contributed by atoms with Crippen LogP contribution in [-0.2, 0) is 24.2 Å². The van der Waals surface area contributed by atoms with Gasteiger partial charge in [0.1, 0.15) is 11.6 Å². The zero-order valence-electron chi connectivity index (χ0n) is 17.9. The van der Waals surface area contributed by atoms with Crippen molar-refractivity contribution < 1.29 is 36.4 Å². The Morgan fingerprint density at radius 1 is 1.23 bits per heavy atom. The molecule has 0 aliphatic carbocycles. The molecular formula is C18H28N4O8S. The summed E-state index contributed by atoms with van der Waals surface area (Å²) in [5.41, 5.74) is -0.0187. The highest BCUT2D eigenvalue weighted by Crippen LogP contribution is 2.30. The minimum atomic E-state index is -4.87. The Morgan fingerprint density at radius 3 is 2.39 bits per heavy atom. The summed E-state index contributed by atoms with van der Waals surface area (Å²) in [4.78, 5) is 40.4. The van der Waals surface area contributed by atoms with Crippen LogP contribution in [0.15, 0.2) is 11.6 Å². The number of carbonyl (C=O) groups is 3. The molecule has 13 heteroatoms. The van der Waals surface area contributed by atoms with Crippen LogP contribution in [0.3, 0.4) is 0 Å². The second-order valence-corrected chi connectivity index (χ2v) is 9.90. The Morgan fingerprint density at radius 2 is 1.84 bits per heavy atom. The molecule has 0 aromatic carbocycles. The first-order valence-electron chi connectivity index (χ1n) is 9.98. The van der Waals surface area contributed by atoms with Gasteiger partial charge in [-0.2, -0.15) is 13.5 Å². The minimum Gasteiger partial charge on any atom is -0.444 e. The zero-order valence-corrected chi connectivity index (χ0v) is 18.7. The van der Waals surface area contributed by atoms with E-state index in [0.29, 0.717) is 36.6 Å². The lowest BCUT2D eigenvalue weighted by Gasteiger charge is -2.35. The zero-order chi connectivity index (χ0) is 23.1. The molecule has 2 N–H and O–H groups in total. The highest BCUT2D eigenvalue weighted by atomic mass is 32.3. The van der Waals surface area contributed by atoms with E-state index in [-0.39, 0.29) is 12.6 Å². The number of hydrogen-bond acceptors (Lipinski definition) is 7. The molecule has 0 spiro atoms. The lowest BCUT2D eigenvalue weighted by molar-refractivity contribution is -0.125. The summed E-state index contributed by atoms with van der Waals surface area (Å²) in [5.74, 6) is -0.398. The van der Waals surface area contributed by atoms with Crippen LogP contribution < -0.4 is 5.32 Å². The molecule has 2 bridgehead atoms. The maximum Gasteiger partial charge on any atom is 0.418 e. The second-order valence-electron chi connectivity index (χ2n) is 8.89. The fourth-order valence-electron chi connectivity index (χ4n) is 3.95. The molecule has 2 unspecified atom stereocenters. The number of hydrogen-bond donors (Lipinski definition) is 2. The quantitative estimate of drug-likeness (QED) is 0.460. The standard InChI is InChI=1S/C18H28N4O8S/c1-11-9-13-10-21(16(24)22(13)30-31(26,27)28)14(11)15(23)19-12-5-7-20(8-6-12)17(25)29-18(2,3)4/h9,12-14H,5-8,10H2,1-4H3,(H,19,23)(H,26,27,28). The number of rotatable bonds is 4. The fourth-order valence-corrected chi connectivity index (χ4v) is 4.33. The Kier molecular flexibility index (Phi) is 6.22. The third-order valence-electron chi connectivity index (χ3n) is 5.23. The van der Waals surface area contributed by atoms with Gasteiger partial charge in [0.05, 0.1) is 12.6 Å². The van der Waals surface area contributed by atoms with Gasteiger partial charge in [-0.25, -0.2) is 9.59 Å². The Hall–Kier alpha value is -2.38. The van der Waals surface area contributed by atoms with Crippen LogP contribution in [0.1, 0.15) is 40.5 Å². The van der Waals surface area contributed by atoms with Gasteiger partial charge in [0, 0.05) is 19.1 Å². The number of nitrogens with one attached hydrogen (secondary N) is 1. The van der Waals surface area contributed by atoms with Crippen molar-refractivity contribution in [1.82, 2.24) is 20.2 Å². The molecule has 31 heavy (non-hydrogen) atoms. The van der Waals surface area contributed by atoms with Gasteiger partial charge in [0.15, 0.2) is 0 Å². The van der Waals surface area contributed by atoms with Crippen LogP contribution in [0, 0.1) is 0 Å². The molecule has 0 aromatic rings. The van der Waals surface area contributed by atoms with E-state index >= 15 is 0 Å². The van der Waals surface area contributed by atoms with Crippen molar-refractivity contribution in [3.8, 4) is 0 Å². The number of carbonyl (C=O) groups excluding carboxylic acids is 3. The van der Waals surface area contributed by atoms with Gasteiger partial charge in [-0.05, 0) is 46.1 Å². The smallest absolute Gasteiger partial charge is 0.418 e. The Bertz CT molecular complexity index is 889. The largest absolute Gasteiger partial charge is 0.444 e. The average molecular weight is 461 g/mol. The normalized spacial score (nSPS) is 24.9. The number of ether oxygens (including phenoxy) is 1. The van der Waals surface area contributed by atoms with E-state index in [2.05, 4.69) is 9.60 Å². The fraction of sp³-hybridized carbons (Fsp3) is 0.722. The van der Waals surface area contributed by atoms with Crippen molar-refractivity contribution in [2.45, 2.75) is 64.3 Å². The first kappa shape index (κ1) is 23.3. The first-order valence-corrected chi connectivity index (χ1v) is 11.3. The van der Waals surface area contributed by atoms with Crippen molar-refractivity contribution in [3.63, 3.8) is 0 Å². The van der Waals surface area contributed by atoms with E-state index in [9.17, 15) is 22.8 Å². The number of fused-ring (bicyclic) bond motifs is 2. The van der Waals surface area contributed by atoms with Crippen LogP contribution in [0.25, 0.3) is 0 Å². The molecular weight excluding hydrogens is 432 g/mol. The van der Waals surface area contributed by atoms with E-state index in [0.717, 1.165) is 0 Å². The molecule has 0 radical (unpaired) electrons. The summed E-state index contributed by atoms with van der Waals surface area (Å²) in [6.07, 6.45) is 2.25. The average Bonchev–Trinajstić information content (AvgIpc) is 2.85. The Balaban J connectivity index is 1.58. The van der Waals surface area contributed by atoms with E-state index in [1.165, 1.54) is 4.90 Å². The second kappa shape index (κ2) is 8.28. The molecule has 2 fully saturated rings. The number of hydroxylamine groups is 2. The van der Waals surface area contributed by atoms with Gasteiger partial charge in [-0.1, -0.05) is 6.08 Å².